The lowest BCUT2D eigenvalue weighted by atomic mass is 9.97. The molecule has 0 unspecified atom stereocenters. The van der Waals surface area contributed by atoms with Crippen LogP contribution in [0.25, 0.3) is 11.3 Å². The second-order valence-corrected chi connectivity index (χ2v) is 5.14. The third kappa shape index (κ3) is 1.86. The van der Waals surface area contributed by atoms with Crippen molar-refractivity contribution in [2.75, 3.05) is 5.73 Å². The van der Waals surface area contributed by atoms with Gasteiger partial charge in [-0.1, -0.05) is 12.1 Å². The highest BCUT2D eigenvalue weighted by molar-refractivity contribution is 9.10. The predicted molar refractivity (Wildman–Crippen MR) is 75.0 cm³/mol. The van der Waals surface area contributed by atoms with Gasteiger partial charge < -0.3 is 5.73 Å². The average molecular weight is 294 g/mol. The molecule has 0 saturated carbocycles. The minimum absolute atomic E-state index is 0.528. The number of hydrogen-bond acceptors (Lipinski definition) is 2. The summed E-state index contributed by atoms with van der Waals surface area (Å²) in [5, 5.41) is 4.23. The average Bonchev–Trinajstić information content (AvgIpc) is 2.52. The molecule has 0 spiro atoms. The first kappa shape index (κ1) is 12.2. The molecule has 0 saturated heterocycles. The number of anilines is 1. The van der Waals surface area contributed by atoms with E-state index >= 15 is 0 Å². The maximum atomic E-state index is 5.82. The highest BCUT2D eigenvalue weighted by Crippen LogP contribution is 2.35. The van der Waals surface area contributed by atoms with E-state index in [9.17, 15) is 0 Å². The third-order valence-corrected chi connectivity index (χ3v) is 4.11. The molecule has 2 aromatic rings. The van der Waals surface area contributed by atoms with E-state index in [0.717, 1.165) is 10.2 Å². The van der Waals surface area contributed by atoms with E-state index < -0.39 is 0 Å². The topological polar surface area (TPSA) is 43.8 Å². The first-order valence-electron chi connectivity index (χ1n) is 5.48. The van der Waals surface area contributed by atoms with Crippen LogP contribution in [0.5, 0.6) is 0 Å². The number of aryl methyl sites for hydroxylation is 2. The lowest BCUT2D eigenvalue weighted by Gasteiger charge is -2.12. The molecule has 0 aliphatic rings. The fraction of sp³-hybridized carbons (Fsp3) is 0.308. The van der Waals surface area contributed by atoms with Crippen LogP contribution < -0.4 is 5.73 Å². The quantitative estimate of drug-likeness (QED) is 0.876. The monoisotopic (exact) mass is 293 g/mol. The Hall–Kier alpha value is -1.29. The molecule has 2 N–H and O–H groups in total. The second kappa shape index (κ2) is 4.18. The number of nitrogens with two attached hydrogens (primary N) is 1. The molecule has 4 heteroatoms. The van der Waals surface area contributed by atoms with Crippen LogP contribution in [0, 0.1) is 20.8 Å². The van der Waals surface area contributed by atoms with Gasteiger partial charge in [0.1, 0.15) is 0 Å². The molecule has 2 rings (SSSR count). The number of nitrogen functional groups attached to an aromatic ring is 1. The van der Waals surface area contributed by atoms with Crippen LogP contribution in [0.2, 0.25) is 0 Å². The molecule has 0 bridgehead atoms. The Balaban J connectivity index is 2.73. The molecule has 3 nitrogen and oxygen atoms in total. The van der Waals surface area contributed by atoms with Crippen molar-refractivity contribution in [1.29, 1.82) is 0 Å². The highest BCUT2D eigenvalue weighted by atomic mass is 79.9. The van der Waals surface area contributed by atoms with Gasteiger partial charge in [-0.2, -0.15) is 5.10 Å². The van der Waals surface area contributed by atoms with Crippen LogP contribution in [0.15, 0.2) is 16.6 Å². The zero-order valence-electron chi connectivity index (χ0n) is 10.5. The molecular formula is C13H16BrN3. The highest BCUT2D eigenvalue weighted by Gasteiger charge is 2.16. The maximum absolute atomic E-state index is 5.82. The normalized spacial score (nSPS) is 10.9. The molecule has 17 heavy (non-hydrogen) atoms. The fourth-order valence-corrected chi connectivity index (χ4v) is 2.57. The van der Waals surface area contributed by atoms with E-state index in [1.165, 1.54) is 22.3 Å². The molecule has 1 aromatic heterocycles. The second-order valence-electron chi connectivity index (χ2n) is 4.35. The molecule has 0 aliphatic heterocycles. The van der Waals surface area contributed by atoms with Crippen molar-refractivity contribution in [2.24, 2.45) is 7.05 Å². The third-order valence-electron chi connectivity index (χ3n) is 3.33. The van der Waals surface area contributed by atoms with Crippen LogP contribution in [-0.2, 0) is 7.05 Å². The van der Waals surface area contributed by atoms with E-state index in [1.807, 2.05) is 11.7 Å². The number of rotatable bonds is 1. The maximum Gasteiger partial charge on any atom is 0.160 e. The Bertz CT molecular complexity index is 585. The van der Waals surface area contributed by atoms with Crippen LogP contribution in [0.1, 0.15) is 16.7 Å². The summed E-state index contributed by atoms with van der Waals surface area (Å²) in [6.07, 6.45) is 0. The zero-order valence-corrected chi connectivity index (χ0v) is 12.1. The summed E-state index contributed by atoms with van der Waals surface area (Å²) in [5.41, 5.74) is 11.9. The van der Waals surface area contributed by atoms with Crippen LogP contribution >= 0.6 is 15.9 Å². The Labute approximate surface area is 110 Å². The van der Waals surface area contributed by atoms with Gasteiger partial charge in [0, 0.05) is 12.6 Å². The van der Waals surface area contributed by atoms with Crippen molar-refractivity contribution in [2.45, 2.75) is 20.8 Å². The van der Waals surface area contributed by atoms with Gasteiger partial charge in [-0.15, -0.1) is 0 Å². The first-order valence-corrected chi connectivity index (χ1v) is 6.28. The van der Waals surface area contributed by atoms with Gasteiger partial charge in [-0.05, 0) is 53.4 Å². The largest absolute Gasteiger partial charge is 0.381 e. The Kier molecular flexibility index (Phi) is 3.00. The van der Waals surface area contributed by atoms with Crippen LogP contribution in [0.3, 0.4) is 0 Å². The van der Waals surface area contributed by atoms with Gasteiger partial charge in [-0.3, -0.25) is 4.68 Å². The smallest absolute Gasteiger partial charge is 0.160 e. The molecule has 0 radical (unpaired) electrons. The summed E-state index contributed by atoms with van der Waals surface area (Å²) < 4.78 is 2.68. The van der Waals surface area contributed by atoms with Crippen LogP contribution in [-0.4, -0.2) is 9.78 Å². The van der Waals surface area contributed by atoms with Crippen molar-refractivity contribution in [3.63, 3.8) is 0 Å². The van der Waals surface area contributed by atoms with Gasteiger partial charge in [-0.25, -0.2) is 0 Å². The van der Waals surface area contributed by atoms with E-state index in [-0.39, 0.29) is 0 Å². The predicted octanol–water partition coefficient (Wildman–Crippen LogP) is 3.36. The Morgan fingerprint density at radius 3 is 2.35 bits per heavy atom. The van der Waals surface area contributed by atoms with E-state index in [2.05, 4.69) is 53.9 Å². The molecule has 1 heterocycles. The molecule has 1 aromatic carbocycles. The van der Waals surface area contributed by atoms with Gasteiger partial charge in [0.05, 0.1) is 10.2 Å². The SMILES string of the molecule is Cc1ccc(-c2c(Br)c(N)nn2C)c(C)c1C. The van der Waals surface area contributed by atoms with Crippen molar-refractivity contribution < 1.29 is 0 Å². The number of benzene rings is 1. The zero-order chi connectivity index (χ0) is 12.7. The van der Waals surface area contributed by atoms with Crippen molar-refractivity contribution in [3.8, 4) is 11.3 Å². The van der Waals surface area contributed by atoms with Crippen molar-refractivity contribution >= 4 is 21.7 Å². The summed E-state index contributed by atoms with van der Waals surface area (Å²) in [6.45, 7) is 6.40. The summed E-state index contributed by atoms with van der Waals surface area (Å²) in [5.74, 6) is 0.528. The Morgan fingerprint density at radius 2 is 1.82 bits per heavy atom. The number of nitrogens with zero attached hydrogens (tertiary/aromatic N) is 2. The number of halogens is 1. The summed E-state index contributed by atoms with van der Waals surface area (Å²) >= 11 is 3.51. The van der Waals surface area contributed by atoms with E-state index in [0.29, 0.717) is 5.82 Å². The standard InChI is InChI=1S/C13H16BrN3/c1-7-5-6-10(9(3)8(7)2)12-11(14)13(15)16-17(12)4/h5-6H,1-4H3,(H2,15,16). The van der Waals surface area contributed by atoms with Gasteiger partial charge >= 0.3 is 0 Å². The lowest BCUT2D eigenvalue weighted by molar-refractivity contribution is 0.779. The van der Waals surface area contributed by atoms with Crippen molar-refractivity contribution in [1.82, 2.24) is 9.78 Å². The molecule has 0 amide bonds. The van der Waals surface area contributed by atoms with Gasteiger partial charge in [0.2, 0.25) is 0 Å². The van der Waals surface area contributed by atoms with E-state index in [1.54, 1.807) is 0 Å². The first-order chi connectivity index (χ1) is 7.93. The molecule has 0 fully saturated rings. The van der Waals surface area contributed by atoms with Gasteiger partial charge in [0.15, 0.2) is 5.82 Å². The van der Waals surface area contributed by atoms with Crippen molar-refractivity contribution in [3.05, 3.63) is 33.3 Å². The molecule has 0 atom stereocenters. The Morgan fingerprint density at radius 1 is 1.18 bits per heavy atom. The lowest BCUT2D eigenvalue weighted by Crippen LogP contribution is -1.98. The van der Waals surface area contributed by atoms with Crippen LogP contribution in [0.4, 0.5) is 5.82 Å². The fourth-order valence-electron chi connectivity index (χ4n) is 2.02. The van der Waals surface area contributed by atoms with E-state index in [4.69, 9.17) is 5.73 Å². The molecule has 90 valence electrons. The number of aromatic nitrogens is 2. The minimum atomic E-state index is 0.528. The minimum Gasteiger partial charge on any atom is -0.381 e. The van der Waals surface area contributed by atoms with Gasteiger partial charge in [0.25, 0.3) is 0 Å². The molecule has 0 aliphatic carbocycles. The number of hydrogen-bond donors (Lipinski definition) is 1. The summed E-state index contributed by atoms with van der Waals surface area (Å²) in [6, 6.07) is 4.26. The summed E-state index contributed by atoms with van der Waals surface area (Å²) in [7, 11) is 1.91. The molecular weight excluding hydrogens is 278 g/mol. The summed E-state index contributed by atoms with van der Waals surface area (Å²) in [4.78, 5) is 0.